The van der Waals surface area contributed by atoms with E-state index >= 15 is 0 Å². The Hall–Kier alpha value is -4.44. The Balaban J connectivity index is 1.92. The maximum Gasteiger partial charge on any atom is 0.339 e. The van der Waals surface area contributed by atoms with Gasteiger partial charge in [-0.2, -0.15) is 0 Å². The summed E-state index contributed by atoms with van der Waals surface area (Å²) >= 11 is 0. The molecule has 1 heterocycles. The van der Waals surface area contributed by atoms with Crippen molar-refractivity contribution in [2.24, 2.45) is 5.92 Å². The Morgan fingerprint density at radius 3 is 2.30 bits per heavy atom. The summed E-state index contributed by atoms with van der Waals surface area (Å²) in [6, 6.07) is 14.4. The van der Waals surface area contributed by atoms with Gasteiger partial charge in [-0.3, -0.25) is 19.4 Å². The van der Waals surface area contributed by atoms with E-state index in [2.05, 4.69) is 11.2 Å². The average Bonchev–Trinajstić information content (AvgIpc) is 3.11. The number of amides is 2. The second kappa shape index (κ2) is 20.3. The molecule has 1 fully saturated rings. The summed E-state index contributed by atoms with van der Waals surface area (Å²) in [6.45, 7) is 8.33. The summed E-state index contributed by atoms with van der Waals surface area (Å²) in [6.07, 6.45) is 6.22. The molecule has 2 atom stereocenters. The Labute approximate surface area is 295 Å². The molecule has 0 aromatic heterocycles. The van der Waals surface area contributed by atoms with Gasteiger partial charge in [-0.15, -0.1) is 6.42 Å². The van der Waals surface area contributed by atoms with Gasteiger partial charge in [0.2, 0.25) is 11.8 Å². The first-order valence-electron chi connectivity index (χ1n) is 16.9. The van der Waals surface area contributed by atoms with Crippen molar-refractivity contribution in [1.29, 1.82) is 0 Å². The van der Waals surface area contributed by atoms with Gasteiger partial charge >= 0.3 is 11.9 Å². The first-order valence-corrected chi connectivity index (χ1v) is 16.9. The Morgan fingerprint density at radius 2 is 1.68 bits per heavy atom. The van der Waals surface area contributed by atoms with Crippen LogP contribution in [0.4, 0.5) is 0 Å². The molecule has 1 aliphatic rings. The van der Waals surface area contributed by atoms with Crippen molar-refractivity contribution in [3.63, 3.8) is 0 Å². The molecule has 0 unspecified atom stereocenters. The smallest absolute Gasteiger partial charge is 0.339 e. The lowest BCUT2D eigenvalue weighted by Gasteiger charge is -2.35. The Morgan fingerprint density at radius 1 is 1.00 bits per heavy atom. The lowest BCUT2D eigenvalue weighted by atomic mass is 10.00. The third kappa shape index (κ3) is 13.1. The lowest BCUT2D eigenvalue weighted by Crippen LogP contribution is -2.57. The van der Waals surface area contributed by atoms with Gasteiger partial charge in [0.05, 0.1) is 26.9 Å². The molecule has 1 N–H and O–H groups in total. The number of benzene rings is 2. The van der Waals surface area contributed by atoms with E-state index in [0.717, 1.165) is 11.1 Å². The third-order valence-electron chi connectivity index (χ3n) is 8.18. The van der Waals surface area contributed by atoms with Crippen molar-refractivity contribution in [3.05, 3.63) is 65.7 Å². The minimum atomic E-state index is -1.43. The summed E-state index contributed by atoms with van der Waals surface area (Å²) < 4.78 is 27.5. The standard InChI is InChI=1S/C38H51N3O9/c1-7-21-50-38(4,5)37(45)49-27-41(33(24-28(2)3)36(44)48-26-30-13-16-31(46-6)17-14-30)35(43)32(18-15-29-11-9-8-10-12-29)39-34(42)25-40-19-22-47-23-20-40/h1,8-14,16-17,28,32-33H,15,18-27H2,2-6H3,(H,39,42)/t32-,33-/m0/s1. The molecule has 0 spiro atoms. The number of carbonyl (C=O) groups excluding carboxylic acids is 4. The van der Waals surface area contributed by atoms with Gasteiger partial charge in [-0.25, -0.2) is 9.59 Å². The zero-order chi connectivity index (χ0) is 36.5. The fourth-order valence-corrected chi connectivity index (χ4v) is 5.28. The monoisotopic (exact) mass is 693 g/mol. The topological polar surface area (TPSA) is 133 Å². The molecule has 50 heavy (non-hydrogen) atoms. The van der Waals surface area contributed by atoms with Crippen molar-refractivity contribution in [2.45, 2.75) is 71.2 Å². The maximum atomic E-state index is 14.6. The number of carbonyl (C=O) groups is 4. The molecule has 1 saturated heterocycles. The number of hydrogen-bond acceptors (Lipinski definition) is 10. The van der Waals surface area contributed by atoms with E-state index in [1.54, 1.807) is 31.4 Å². The van der Waals surface area contributed by atoms with Crippen LogP contribution in [0.25, 0.3) is 0 Å². The maximum absolute atomic E-state index is 14.6. The number of morpholine rings is 1. The lowest BCUT2D eigenvalue weighted by molar-refractivity contribution is -0.179. The van der Waals surface area contributed by atoms with Crippen molar-refractivity contribution in [3.8, 4) is 18.1 Å². The Kier molecular flexibility index (Phi) is 16.2. The molecule has 1 aliphatic heterocycles. The number of ether oxygens (including phenoxy) is 5. The van der Waals surface area contributed by atoms with E-state index in [0.29, 0.717) is 38.5 Å². The number of esters is 2. The Bertz CT molecular complexity index is 1420. The molecule has 12 heteroatoms. The van der Waals surface area contributed by atoms with Gasteiger partial charge in [-0.1, -0.05) is 62.2 Å². The van der Waals surface area contributed by atoms with E-state index in [9.17, 15) is 19.2 Å². The van der Waals surface area contributed by atoms with Crippen LogP contribution < -0.4 is 10.1 Å². The molecule has 2 amide bonds. The van der Waals surface area contributed by atoms with Crippen LogP contribution in [-0.4, -0.2) is 105 Å². The average molecular weight is 694 g/mol. The number of aryl methyl sites for hydroxylation is 1. The van der Waals surface area contributed by atoms with Gasteiger partial charge in [0.1, 0.15) is 31.0 Å². The van der Waals surface area contributed by atoms with Crippen molar-refractivity contribution in [2.75, 3.05) is 53.3 Å². The molecule has 0 bridgehead atoms. The molecule has 0 radical (unpaired) electrons. The normalized spacial score (nSPS) is 14.6. The van der Waals surface area contributed by atoms with E-state index < -0.39 is 42.3 Å². The van der Waals surface area contributed by atoms with E-state index in [1.165, 1.54) is 18.7 Å². The molecule has 2 aromatic rings. The second-order valence-corrected chi connectivity index (χ2v) is 13.0. The predicted molar refractivity (Wildman–Crippen MR) is 187 cm³/mol. The molecule has 3 rings (SSSR count). The van der Waals surface area contributed by atoms with Crippen LogP contribution in [0.2, 0.25) is 0 Å². The van der Waals surface area contributed by atoms with Gasteiger partial charge in [0.25, 0.3) is 0 Å². The van der Waals surface area contributed by atoms with Crippen molar-refractivity contribution in [1.82, 2.24) is 15.1 Å². The summed E-state index contributed by atoms with van der Waals surface area (Å²) in [5.74, 6) is 0.533. The van der Waals surface area contributed by atoms with Crippen LogP contribution in [0, 0.1) is 18.3 Å². The third-order valence-corrected chi connectivity index (χ3v) is 8.18. The fraction of sp³-hybridized carbons (Fsp3) is 0.526. The van der Waals surface area contributed by atoms with E-state index in [1.807, 2.05) is 49.1 Å². The molecule has 0 saturated carbocycles. The van der Waals surface area contributed by atoms with Crippen LogP contribution in [-0.2, 0) is 51.2 Å². The molecular weight excluding hydrogens is 642 g/mol. The first-order chi connectivity index (χ1) is 23.9. The summed E-state index contributed by atoms with van der Waals surface area (Å²) in [5.41, 5.74) is 0.258. The van der Waals surface area contributed by atoms with Crippen LogP contribution in [0.3, 0.4) is 0 Å². The van der Waals surface area contributed by atoms with Crippen molar-refractivity contribution < 1.29 is 42.9 Å². The van der Waals surface area contributed by atoms with Gasteiger partial charge in [0.15, 0.2) is 12.3 Å². The largest absolute Gasteiger partial charge is 0.497 e. The van der Waals surface area contributed by atoms with E-state index in [-0.39, 0.29) is 44.4 Å². The van der Waals surface area contributed by atoms with Crippen LogP contribution in [0.5, 0.6) is 5.75 Å². The summed E-state index contributed by atoms with van der Waals surface area (Å²) in [4.78, 5) is 58.2. The highest BCUT2D eigenvalue weighted by Crippen LogP contribution is 2.20. The highest BCUT2D eigenvalue weighted by atomic mass is 16.6. The van der Waals surface area contributed by atoms with Crippen LogP contribution in [0.1, 0.15) is 51.7 Å². The number of methoxy groups -OCH3 is 1. The number of terminal acetylenes is 1. The number of nitrogens with zero attached hydrogens (tertiary/aromatic N) is 2. The summed E-state index contributed by atoms with van der Waals surface area (Å²) in [7, 11) is 1.56. The number of hydrogen-bond donors (Lipinski definition) is 1. The van der Waals surface area contributed by atoms with Crippen LogP contribution in [0.15, 0.2) is 54.6 Å². The number of rotatable bonds is 19. The quantitative estimate of drug-likeness (QED) is 0.133. The van der Waals surface area contributed by atoms with Crippen LogP contribution >= 0.6 is 0 Å². The first kappa shape index (κ1) is 40.0. The SMILES string of the molecule is C#CCOC(C)(C)C(=O)OCN(C(=O)[C@H](CCc1ccccc1)NC(=O)CN1CCOCC1)[C@@H](CC(C)C)C(=O)OCc1ccc(OC)cc1. The second-order valence-electron chi connectivity index (χ2n) is 13.0. The molecule has 2 aromatic carbocycles. The van der Waals surface area contributed by atoms with Gasteiger partial charge in [-0.05, 0) is 62.3 Å². The molecule has 272 valence electrons. The highest BCUT2D eigenvalue weighted by Gasteiger charge is 2.38. The number of nitrogens with one attached hydrogen (secondary N) is 1. The van der Waals surface area contributed by atoms with Gasteiger partial charge < -0.3 is 29.0 Å². The van der Waals surface area contributed by atoms with Crippen molar-refractivity contribution >= 4 is 23.8 Å². The minimum Gasteiger partial charge on any atom is -0.497 e. The minimum absolute atomic E-state index is 0.0556. The van der Waals surface area contributed by atoms with E-state index in [4.69, 9.17) is 30.1 Å². The summed E-state index contributed by atoms with van der Waals surface area (Å²) in [5, 5.41) is 2.91. The zero-order valence-electron chi connectivity index (χ0n) is 29.9. The highest BCUT2D eigenvalue weighted by molar-refractivity contribution is 5.91. The zero-order valence-corrected chi connectivity index (χ0v) is 29.9. The fourth-order valence-electron chi connectivity index (χ4n) is 5.28. The molecular formula is C38H51N3O9. The molecule has 12 nitrogen and oxygen atoms in total. The molecule has 0 aliphatic carbocycles. The predicted octanol–water partition coefficient (Wildman–Crippen LogP) is 3.36. The van der Waals surface area contributed by atoms with Gasteiger partial charge in [0, 0.05) is 13.1 Å².